The van der Waals surface area contributed by atoms with Crippen LogP contribution in [0.1, 0.15) is 30.4 Å². The molecule has 2 aliphatic rings. The quantitative estimate of drug-likeness (QED) is 0.425. The first-order valence-electron chi connectivity index (χ1n) is 12.4. The molecular weight excluding hydrogens is 517 g/mol. The molecule has 5 rings (SSSR count). The molecule has 1 amide bonds. The minimum Gasteiger partial charge on any atom is -0.379 e. The minimum absolute atomic E-state index is 0.178. The number of sulfonamides is 1. The van der Waals surface area contributed by atoms with Crippen LogP contribution in [0, 0.1) is 13.8 Å². The van der Waals surface area contributed by atoms with Crippen molar-refractivity contribution in [2.75, 3.05) is 50.8 Å². The number of hydrogen-bond acceptors (Lipinski definition) is 8. The molecular formula is C25H32N4O4S3. The lowest BCUT2D eigenvalue weighted by Gasteiger charge is -2.30. The number of hydrogen-bond donors (Lipinski definition) is 0. The van der Waals surface area contributed by atoms with Gasteiger partial charge in [-0.2, -0.15) is 4.31 Å². The standard InChI is InChI=1S/C25H32N4O4S3/c1-18-8-9-21-23(19(18)2)26-25(35-21)28(11-5-10-27-13-15-33-16-14-27)24(30)20-6-3-12-29(20)36(31,32)22-7-4-17-34-22/h4,7-9,17,20H,3,5-6,10-16H2,1-2H3. The molecule has 36 heavy (non-hydrogen) atoms. The van der Waals surface area contributed by atoms with Crippen LogP contribution in [0.15, 0.2) is 33.9 Å². The summed E-state index contributed by atoms with van der Waals surface area (Å²) in [5.41, 5.74) is 3.18. The summed E-state index contributed by atoms with van der Waals surface area (Å²) >= 11 is 2.69. The summed E-state index contributed by atoms with van der Waals surface area (Å²) < 4.78 is 34.9. The van der Waals surface area contributed by atoms with Crippen LogP contribution in [-0.4, -0.2) is 80.5 Å². The second kappa shape index (κ2) is 10.8. The zero-order valence-electron chi connectivity index (χ0n) is 20.7. The van der Waals surface area contributed by atoms with Crippen LogP contribution in [0.4, 0.5) is 5.13 Å². The molecule has 0 aliphatic carbocycles. The minimum atomic E-state index is -3.71. The topological polar surface area (TPSA) is 83.0 Å². The average molecular weight is 549 g/mol. The average Bonchev–Trinajstić information content (AvgIpc) is 3.65. The molecule has 3 aromatic rings. The smallest absolute Gasteiger partial charge is 0.253 e. The van der Waals surface area contributed by atoms with Crippen molar-refractivity contribution >= 4 is 54.0 Å². The highest BCUT2D eigenvalue weighted by Crippen LogP contribution is 2.35. The molecule has 0 bridgehead atoms. The Morgan fingerprint density at radius 2 is 2.00 bits per heavy atom. The molecule has 2 aromatic heterocycles. The van der Waals surface area contributed by atoms with Crippen molar-refractivity contribution in [3.63, 3.8) is 0 Å². The molecule has 1 atom stereocenters. The maximum absolute atomic E-state index is 14.0. The molecule has 11 heteroatoms. The number of carbonyl (C=O) groups is 1. The number of thiophene rings is 1. The third kappa shape index (κ3) is 5.09. The van der Waals surface area contributed by atoms with Gasteiger partial charge in [-0.15, -0.1) is 11.3 Å². The monoisotopic (exact) mass is 548 g/mol. The van der Waals surface area contributed by atoms with Gasteiger partial charge >= 0.3 is 0 Å². The zero-order chi connectivity index (χ0) is 25.3. The highest BCUT2D eigenvalue weighted by atomic mass is 32.2. The number of aryl methyl sites for hydroxylation is 2. The van der Waals surface area contributed by atoms with Crippen molar-refractivity contribution in [2.45, 2.75) is 43.4 Å². The lowest BCUT2D eigenvalue weighted by Crippen LogP contribution is -2.48. The lowest BCUT2D eigenvalue weighted by atomic mass is 10.1. The molecule has 0 N–H and O–H groups in total. The molecule has 1 aromatic carbocycles. The Kier molecular flexibility index (Phi) is 7.75. The van der Waals surface area contributed by atoms with E-state index in [-0.39, 0.29) is 10.1 Å². The summed E-state index contributed by atoms with van der Waals surface area (Å²) in [5, 5.41) is 2.40. The maximum Gasteiger partial charge on any atom is 0.253 e. The van der Waals surface area contributed by atoms with Crippen molar-refractivity contribution in [1.82, 2.24) is 14.2 Å². The Morgan fingerprint density at radius 3 is 2.75 bits per heavy atom. The highest BCUT2D eigenvalue weighted by Gasteiger charge is 2.42. The highest BCUT2D eigenvalue weighted by molar-refractivity contribution is 7.91. The van der Waals surface area contributed by atoms with Gasteiger partial charge in [-0.1, -0.05) is 23.5 Å². The number of rotatable bonds is 8. The van der Waals surface area contributed by atoms with Crippen LogP contribution >= 0.6 is 22.7 Å². The van der Waals surface area contributed by atoms with Crippen molar-refractivity contribution in [3.8, 4) is 0 Å². The Balaban J connectivity index is 1.43. The van der Waals surface area contributed by atoms with E-state index in [0.29, 0.717) is 31.1 Å². The largest absolute Gasteiger partial charge is 0.379 e. The summed E-state index contributed by atoms with van der Waals surface area (Å²) in [4.78, 5) is 23.0. The number of anilines is 1. The summed E-state index contributed by atoms with van der Waals surface area (Å²) in [6.07, 6.45) is 1.97. The number of amides is 1. The molecule has 0 spiro atoms. The van der Waals surface area contributed by atoms with Crippen molar-refractivity contribution in [3.05, 3.63) is 40.8 Å². The van der Waals surface area contributed by atoms with Gasteiger partial charge in [0.15, 0.2) is 5.13 Å². The molecule has 2 aliphatic heterocycles. The predicted octanol–water partition coefficient (Wildman–Crippen LogP) is 3.88. The van der Waals surface area contributed by atoms with Crippen molar-refractivity contribution < 1.29 is 17.9 Å². The molecule has 4 heterocycles. The molecule has 8 nitrogen and oxygen atoms in total. The Hall–Kier alpha value is -1.89. The molecule has 0 saturated carbocycles. The molecule has 194 valence electrons. The normalized spacial score (nSPS) is 19.8. The number of carbonyl (C=O) groups excluding carboxylic acids is 1. The van der Waals surface area contributed by atoms with E-state index in [9.17, 15) is 13.2 Å². The Bertz CT molecular complexity index is 1320. The summed E-state index contributed by atoms with van der Waals surface area (Å²) in [7, 11) is -3.71. The number of ether oxygens (including phenoxy) is 1. The number of morpholine rings is 1. The summed E-state index contributed by atoms with van der Waals surface area (Å²) in [6, 6.07) is 6.76. The summed E-state index contributed by atoms with van der Waals surface area (Å²) in [5.74, 6) is -0.178. The molecule has 1 unspecified atom stereocenters. The van der Waals surface area contributed by atoms with Gasteiger partial charge in [0.05, 0.1) is 23.4 Å². The van der Waals surface area contributed by atoms with E-state index in [0.717, 1.165) is 60.6 Å². The fraction of sp³-hybridized carbons (Fsp3) is 0.520. The number of benzene rings is 1. The van der Waals surface area contributed by atoms with E-state index < -0.39 is 16.1 Å². The van der Waals surface area contributed by atoms with Gasteiger partial charge < -0.3 is 4.74 Å². The first-order chi connectivity index (χ1) is 17.4. The first kappa shape index (κ1) is 25.7. The molecule has 2 fully saturated rings. The van der Waals surface area contributed by atoms with E-state index in [2.05, 4.69) is 30.9 Å². The van der Waals surface area contributed by atoms with Crippen LogP contribution < -0.4 is 4.90 Å². The third-order valence-corrected chi connectivity index (χ3v) is 11.4. The van der Waals surface area contributed by atoms with E-state index in [1.54, 1.807) is 22.4 Å². The van der Waals surface area contributed by atoms with Crippen LogP contribution in [0.25, 0.3) is 10.2 Å². The van der Waals surface area contributed by atoms with Gasteiger partial charge in [-0.05, 0) is 61.7 Å². The second-order valence-corrected chi connectivity index (χ2v) is 13.4. The Morgan fingerprint density at radius 1 is 1.19 bits per heavy atom. The van der Waals surface area contributed by atoms with E-state index >= 15 is 0 Å². The SMILES string of the molecule is Cc1ccc2sc(N(CCCN3CCOCC3)C(=O)C3CCCN3S(=O)(=O)c3cccs3)nc2c1C. The zero-order valence-corrected chi connectivity index (χ0v) is 23.1. The van der Waals surface area contributed by atoms with E-state index in [1.807, 2.05) is 0 Å². The lowest BCUT2D eigenvalue weighted by molar-refractivity contribution is -0.121. The molecule has 0 radical (unpaired) electrons. The van der Waals surface area contributed by atoms with Crippen molar-refractivity contribution in [1.29, 1.82) is 0 Å². The fourth-order valence-corrected chi connectivity index (χ4v) is 8.71. The third-order valence-electron chi connectivity index (χ3n) is 7.08. The van der Waals surface area contributed by atoms with Crippen LogP contribution in [-0.2, 0) is 19.6 Å². The van der Waals surface area contributed by atoms with Crippen LogP contribution in [0.3, 0.4) is 0 Å². The van der Waals surface area contributed by atoms with Crippen molar-refractivity contribution in [2.24, 2.45) is 0 Å². The van der Waals surface area contributed by atoms with Crippen LogP contribution in [0.2, 0.25) is 0 Å². The number of aromatic nitrogens is 1. The van der Waals surface area contributed by atoms with Gasteiger partial charge in [0.25, 0.3) is 10.0 Å². The number of nitrogens with zero attached hydrogens (tertiary/aromatic N) is 4. The van der Waals surface area contributed by atoms with Gasteiger partial charge in [-0.25, -0.2) is 13.4 Å². The second-order valence-electron chi connectivity index (χ2n) is 9.35. The number of thiazole rings is 1. The van der Waals surface area contributed by atoms with Gasteiger partial charge in [0, 0.05) is 32.7 Å². The van der Waals surface area contributed by atoms with E-state index in [1.165, 1.54) is 27.0 Å². The summed E-state index contributed by atoms with van der Waals surface area (Å²) in [6.45, 7) is 9.08. The van der Waals surface area contributed by atoms with Gasteiger partial charge in [0.1, 0.15) is 10.3 Å². The van der Waals surface area contributed by atoms with Crippen LogP contribution in [0.5, 0.6) is 0 Å². The number of fused-ring (bicyclic) bond motifs is 1. The van der Waals surface area contributed by atoms with Gasteiger partial charge in [0.2, 0.25) is 5.91 Å². The Labute approximate surface area is 220 Å². The van der Waals surface area contributed by atoms with E-state index in [4.69, 9.17) is 9.72 Å². The maximum atomic E-state index is 14.0. The fourth-order valence-electron chi connectivity index (χ4n) is 4.89. The predicted molar refractivity (Wildman–Crippen MR) is 145 cm³/mol. The molecule has 2 saturated heterocycles. The first-order valence-corrected chi connectivity index (χ1v) is 15.5. The van der Waals surface area contributed by atoms with Gasteiger partial charge in [-0.3, -0.25) is 14.6 Å².